The number of rotatable bonds is 4. The molecule has 1 N–H and O–H groups in total. The van der Waals surface area contributed by atoms with Crippen molar-refractivity contribution in [2.75, 3.05) is 7.11 Å². The Kier molecular flexibility index (Phi) is 4.49. The number of nitrogens with one attached hydrogen (secondary N) is 1. The highest BCUT2D eigenvalue weighted by Gasteiger charge is 2.11. The van der Waals surface area contributed by atoms with Crippen molar-refractivity contribution in [2.45, 2.75) is 19.5 Å². The highest BCUT2D eigenvalue weighted by Crippen LogP contribution is 2.03. The second kappa shape index (κ2) is 5.89. The van der Waals surface area contributed by atoms with E-state index in [1.165, 1.54) is 7.11 Å². The second-order valence-electron chi connectivity index (χ2n) is 3.43. The fraction of sp³-hybridized carbons (Fsp3) is 0.333. The minimum absolute atomic E-state index is 0.284. The number of carbonyl (C=O) groups is 1. The summed E-state index contributed by atoms with van der Waals surface area (Å²) in [6, 6.07) is 8.93. The van der Waals surface area contributed by atoms with Gasteiger partial charge >= 0.3 is 5.97 Å². The molecule has 0 aliphatic rings. The predicted octanol–water partition coefficient (Wildman–Crippen LogP) is 1.21. The minimum atomic E-state index is -0.333. The molecule has 0 radical (unpaired) electrons. The Morgan fingerprint density at radius 1 is 1.50 bits per heavy atom. The van der Waals surface area contributed by atoms with Crippen LogP contribution in [0.1, 0.15) is 18.1 Å². The number of esters is 1. The SMILES string of the molecule is COC(=O)[C@H](C)NCc1ccc(C#N)cc1. The van der Waals surface area contributed by atoms with Crippen LogP contribution in [-0.2, 0) is 16.1 Å². The highest BCUT2D eigenvalue weighted by molar-refractivity contribution is 5.75. The lowest BCUT2D eigenvalue weighted by atomic mass is 10.1. The van der Waals surface area contributed by atoms with Gasteiger partial charge in [0.25, 0.3) is 0 Å². The van der Waals surface area contributed by atoms with Gasteiger partial charge in [-0.25, -0.2) is 0 Å². The van der Waals surface area contributed by atoms with Crippen molar-refractivity contribution < 1.29 is 9.53 Å². The minimum Gasteiger partial charge on any atom is -0.468 e. The van der Waals surface area contributed by atoms with Gasteiger partial charge in [0.1, 0.15) is 6.04 Å². The Bertz CT molecular complexity index is 392. The topological polar surface area (TPSA) is 62.1 Å². The average Bonchev–Trinajstić information content (AvgIpc) is 2.35. The number of carbonyl (C=O) groups excluding carboxylic acids is 1. The third-order valence-electron chi connectivity index (χ3n) is 2.25. The van der Waals surface area contributed by atoms with Crippen molar-refractivity contribution in [3.63, 3.8) is 0 Å². The molecule has 0 amide bonds. The summed E-state index contributed by atoms with van der Waals surface area (Å²) < 4.78 is 4.59. The van der Waals surface area contributed by atoms with E-state index >= 15 is 0 Å². The van der Waals surface area contributed by atoms with E-state index in [4.69, 9.17) is 5.26 Å². The Labute approximate surface area is 94.8 Å². The van der Waals surface area contributed by atoms with Crippen LogP contribution in [0.3, 0.4) is 0 Å². The summed E-state index contributed by atoms with van der Waals surface area (Å²) >= 11 is 0. The normalized spacial score (nSPS) is 11.6. The number of nitriles is 1. The van der Waals surface area contributed by atoms with E-state index in [9.17, 15) is 4.79 Å². The third-order valence-corrected chi connectivity index (χ3v) is 2.25. The van der Waals surface area contributed by atoms with Gasteiger partial charge in [-0.1, -0.05) is 12.1 Å². The molecule has 1 aromatic carbocycles. The number of hydrogen-bond donors (Lipinski definition) is 1. The number of benzene rings is 1. The molecule has 0 saturated heterocycles. The van der Waals surface area contributed by atoms with E-state index < -0.39 is 0 Å². The largest absolute Gasteiger partial charge is 0.468 e. The molecule has 4 heteroatoms. The van der Waals surface area contributed by atoms with E-state index in [0.717, 1.165) is 5.56 Å². The lowest BCUT2D eigenvalue weighted by molar-refractivity contribution is -0.142. The monoisotopic (exact) mass is 218 g/mol. The molecule has 1 aromatic rings. The van der Waals surface area contributed by atoms with E-state index in [-0.39, 0.29) is 12.0 Å². The van der Waals surface area contributed by atoms with Gasteiger partial charge in [-0.05, 0) is 24.6 Å². The molecule has 0 aliphatic carbocycles. The molecule has 0 saturated carbocycles. The third kappa shape index (κ3) is 3.37. The molecule has 1 atom stereocenters. The summed E-state index contributed by atoms with van der Waals surface area (Å²) in [7, 11) is 1.36. The van der Waals surface area contributed by atoms with Crippen LogP contribution in [0.2, 0.25) is 0 Å². The predicted molar refractivity (Wildman–Crippen MR) is 59.5 cm³/mol. The maximum Gasteiger partial charge on any atom is 0.322 e. The van der Waals surface area contributed by atoms with E-state index in [1.807, 2.05) is 12.1 Å². The zero-order chi connectivity index (χ0) is 12.0. The van der Waals surface area contributed by atoms with Crippen molar-refractivity contribution in [3.05, 3.63) is 35.4 Å². The second-order valence-corrected chi connectivity index (χ2v) is 3.43. The maximum atomic E-state index is 11.1. The first-order valence-electron chi connectivity index (χ1n) is 4.97. The fourth-order valence-corrected chi connectivity index (χ4v) is 1.23. The van der Waals surface area contributed by atoms with Gasteiger partial charge in [0.2, 0.25) is 0 Å². The molecule has 0 bridgehead atoms. The molecule has 0 spiro atoms. The molecule has 0 heterocycles. The number of nitrogens with zero attached hydrogens (tertiary/aromatic N) is 1. The van der Waals surface area contributed by atoms with E-state index in [1.54, 1.807) is 19.1 Å². The van der Waals surface area contributed by atoms with Crippen molar-refractivity contribution in [3.8, 4) is 6.07 Å². The molecular formula is C12H14N2O2. The van der Waals surface area contributed by atoms with Crippen molar-refractivity contribution in [2.24, 2.45) is 0 Å². The summed E-state index contributed by atoms with van der Waals surface area (Å²) in [5.74, 6) is -0.284. The van der Waals surface area contributed by atoms with Crippen LogP contribution in [0.5, 0.6) is 0 Å². The zero-order valence-electron chi connectivity index (χ0n) is 9.36. The molecule has 4 nitrogen and oxygen atoms in total. The molecule has 0 aromatic heterocycles. The zero-order valence-corrected chi connectivity index (χ0v) is 9.36. The van der Waals surface area contributed by atoms with Gasteiger partial charge < -0.3 is 10.1 Å². The quantitative estimate of drug-likeness (QED) is 0.771. The summed E-state index contributed by atoms with van der Waals surface area (Å²) in [6.45, 7) is 2.32. The Morgan fingerprint density at radius 2 is 2.12 bits per heavy atom. The summed E-state index contributed by atoms with van der Waals surface area (Å²) in [5.41, 5.74) is 1.65. The Balaban J connectivity index is 2.49. The van der Waals surface area contributed by atoms with E-state index in [0.29, 0.717) is 12.1 Å². The van der Waals surface area contributed by atoms with E-state index in [2.05, 4.69) is 16.1 Å². The number of ether oxygens (including phenoxy) is 1. The standard InChI is InChI=1S/C12H14N2O2/c1-9(12(15)16-2)14-8-11-5-3-10(7-13)4-6-11/h3-6,9,14H,8H2,1-2H3/t9-/m0/s1. The lowest BCUT2D eigenvalue weighted by Gasteiger charge is -2.11. The highest BCUT2D eigenvalue weighted by atomic mass is 16.5. The van der Waals surface area contributed by atoms with Crippen molar-refractivity contribution in [1.29, 1.82) is 5.26 Å². The molecular weight excluding hydrogens is 204 g/mol. The summed E-state index contributed by atoms with van der Waals surface area (Å²) in [5, 5.41) is 11.7. The van der Waals surface area contributed by atoms with Crippen LogP contribution >= 0.6 is 0 Å². The van der Waals surface area contributed by atoms with Crippen LogP contribution in [0.15, 0.2) is 24.3 Å². The molecule has 0 unspecified atom stereocenters. The van der Waals surface area contributed by atoms with Gasteiger partial charge in [-0.2, -0.15) is 5.26 Å². The molecule has 84 valence electrons. The van der Waals surface area contributed by atoms with Gasteiger partial charge in [0, 0.05) is 6.54 Å². The van der Waals surface area contributed by atoms with Crippen LogP contribution in [0.25, 0.3) is 0 Å². The van der Waals surface area contributed by atoms with Gasteiger partial charge in [-0.15, -0.1) is 0 Å². The first-order valence-corrected chi connectivity index (χ1v) is 4.97. The first kappa shape index (κ1) is 12.2. The average molecular weight is 218 g/mol. The summed E-state index contributed by atoms with van der Waals surface area (Å²) in [6.07, 6.45) is 0. The Hall–Kier alpha value is -1.86. The van der Waals surface area contributed by atoms with Gasteiger partial charge in [0.05, 0.1) is 18.7 Å². The number of methoxy groups -OCH3 is 1. The van der Waals surface area contributed by atoms with Crippen LogP contribution in [0.4, 0.5) is 0 Å². The Morgan fingerprint density at radius 3 is 2.62 bits per heavy atom. The van der Waals surface area contributed by atoms with Crippen molar-refractivity contribution >= 4 is 5.97 Å². The van der Waals surface area contributed by atoms with Crippen molar-refractivity contribution in [1.82, 2.24) is 5.32 Å². The molecule has 0 aliphatic heterocycles. The first-order chi connectivity index (χ1) is 7.67. The van der Waals surface area contributed by atoms with Crippen LogP contribution in [0, 0.1) is 11.3 Å². The lowest BCUT2D eigenvalue weighted by Crippen LogP contribution is -2.34. The van der Waals surface area contributed by atoms with Gasteiger partial charge in [0.15, 0.2) is 0 Å². The number of hydrogen-bond acceptors (Lipinski definition) is 4. The maximum absolute atomic E-state index is 11.1. The van der Waals surface area contributed by atoms with Gasteiger partial charge in [-0.3, -0.25) is 4.79 Å². The smallest absolute Gasteiger partial charge is 0.322 e. The van der Waals surface area contributed by atoms with Crippen LogP contribution in [-0.4, -0.2) is 19.1 Å². The van der Waals surface area contributed by atoms with Crippen LogP contribution < -0.4 is 5.32 Å². The molecule has 0 fully saturated rings. The fourth-order valence-electron chi connectivity index (χ4n) is 1.23. The molecule has 1 rings (SSSR count). The molecule has 16 heavy (non-hydrogen) atoms. The summed E-state index contributed by atoms with van der Waals surface area (Å²) in [4.78, 5) is 11.1.